The van der Waals surface area contributed by atoms with Crippen molar-refractivity contribution in [1.82, 2.24) is 25.1 Å². The molecule has 0 spiro atoms. The number of likely N-dealkylation sites (N-methyl/N-ethyl adjacent to an activating group) is 1. The van der Waals surface area contributed by atoms with Crippen molar-refractivity contribution in [2.24, 2.45) is 0 Å². The van der Waals surface area contributed by atoms with Gasteiger partial charge in [-0.2, -0.15) is 0 Å². The highest BCUT2D eigenvalue weighted by Gasteiger charge is 2.32. The van der Waals surface area contributed by atoms with E-state index in [1.165, 1.54) is 13.2 Å². The minimum Gasteiger partial charge on any atom is -0.492 e. The summed E-state index contributed by atoms with van der Waals surface area (Å²) in [6, 6.07) is 6.31. The van der Waals surface area contributed by atoms with Gasteiger partial charge in [-0.25, -0.2) is 4.39 Å². The molecule has 40 heavy (non-hydrogen) atoms. The number of carbonyl (C=O) groups is 2. The molecule has 5 rings (SSSR count). The number of fused-ring (bicyclic) bond motifs is 1. The Hall–Kier alpha value is -4.38. The van der Waals surface area contributed by atoms with Crippen LogP contribution >= 0.6 is 0 Å². The number of ether oxygens (including phenoxy) is 2. The number of methoxy groups -OCH3 is 1. The number of hydrogen-bond acceptors (Lipinski definition) is 7. The first-order valence-electron chi connectivity index (χ1n) is 13.2. The number of H-pyrrole nitrogens is 1. The Balaban J connectivity index is 1.43. The maximum absolute atomic E-state index is 14.5. The summed E-state index contributed by atoms with van der Waals surface area (Å²) < 4.78 is 26.0. The van der Waals surface area contributed by atoms with Crippen molar-refractivity contribution in [3.8, 4) is 22.8 Å². The topological polar surface area (TPSA) is 112 Å². The van der Waals surface area contributed by atoms with Gasteiger partial charge in [0, 0.05) is 49.6 Å². The summed E-state index contributed by atoms with van der Waals surface area (Å²) in [6.45, 7) is 2.17. The lowest BCUT2D eigenvalue weighted by Crippen LogP contribution is -2.53. The van der Waals surface area contributed by atoms with Crippen LogP contribution in [-0.4, -0.2) is 85.1 Å². The molecule has 0 saturated carbocycles. The van der Waals surface area contributed by atoms with Gasteiger partial charge in [-0.15, -0.1) is 0 Å². The quantitative estimate of drug-likeness (QED) is 0.333. The normalized spacial score (nSPS) is 16.5. The van der Waals surface area contributed by atoms with Crippen molar-refractivity contribution < 1.29 is 23.5 Å². The summed E-state index contributed by atoms with van der Waals surface area (Å²) in [5.74, 6) is -0.249. The number of para-hydroxylation sites is 1. The van der Waals surface area contributed by atoms with Crippen LogP contribution in [-0.2, 0) is 11.2 Å². The van der Waals surface area contributed by atoms with Crippen molar-refractivity contribution in [2.75, 3.05) is 52.8 Å². The second-order valence-electron chi connectivity index (χ2n) is 10.0. The van der Waals surface area contributed by atoms with Gasteiger partial charge in [0.15, 0.2) is 11.6 Å². The average Bonchev–Trinajstić information content (AvgIpc) is 3.27. The second-order valence-corrected chi connectivity index (χ2v) is 10.0. The van der Waals surface area contributed by atoms with Gasteiger partial charge in [-0.1, -0.05) is 12.1 Å². The number of aromatic nitrogens is 2. The van der Waals surface area contributed by atoms with Crippen LogP contribution in [0.2, 0.25) is 0 Å². The van der Waals surface area contributed by atoms with E-state index in [0.717, 1.165) is 12.1 Å². The molecule has 0 radical (unpaired) electrons. The van der Waals surface area contributed by atoms with Gasteiger partial charge in [0.25, 0.3) is 5.91 Å². The van der Waals surface area contributed by atoms with Gasteiger partial charge in [0.1, 0.15) is 12.4 Å². The average molecular weight is 549 g/mol. The molecule has 2 amide bonds. The fraction of sp³-hybridized carbons (Fsp3) is 0.345. The molecule has 2 aliphatic heterocycles. The van der Waals surface area contributed by atoms with E-state index < -0.39 is 5.82 Å². The van der Waals surface area contributed by atoms with Crippen molar-refractivity contribution in [3.05, 3.63) is 65.9 Å². The Kier molecular flexibility index (Phi) is 8.01. The summed E-state index contributed by atoms with van der Waals surface area (Å²) in [5.41, 5.74) is 3.37. The van der Waals surface area contributed by atoms with Crippen LogP contribution in [0, 0.1) is 5.82 Å². The molecule has 1 atom stereocenters. The number of amides is 2. The number of nitrogens with one attached hydrogen (secondary N) is 3. The fourth-order valence-corrected chi connectivity index (χ4v) is 4.91. The number of aromatic amines is 1. The molecule has 3 N–H and O–H groups in total. The highest BCUT2D eigenvalue weighted by Crippen LogP contribution is 2.42. The molecule has 1 fully saturated rings. The molecule has 2 aliphatic rings. The van der Waals surface area contributed by atoms with Crippen LogP contribution in [0.25, 0.3) is 11.3 Å². The minimum atomic E-state index is -0.521. The van der Waals surface area contributed by atoms with Gasteiger partial charge < -0.3 is 34.9 Å². The summed E-state index contributed by atoms with van der Waals surface area (Å²) >= 11 is 0. The fourth-order valence-electron chi connectivity index (χ4n) is 4.91. The van der Waals surface area contributed by atoms with E-state index in [1.807, 2.05) is 25.1 Å². The van der Waals surface area contributed by atoms with Crippen LogP contribution in [0.15, 0.2) is 48.8 Å². The largest absolute Gasteiger partial charge is 0.492 e. The highest BCUT2D eigenvalue weighted by atomic mass is 19.1. The zero-order chi connectivity index (χ0) is 28.2. The molecule has 11 heteroatoms. The maximum atomic E-state index is 14.5. The van der Waals surface area contributed by atoms with Gasteiger partial charge in [0.05, 0.1) is 42.0 Å². The van der Waals surface area contributed by atoms with Crippen LogP contribution in [0.5, 0.6) is 11.5 Å². The first-order chi connectivity index (χ1) is 19.4. The number of pyridine rings is 1. The Bertz CT molecular complexity index is 1440. The number of nitrogens with zero attached hydrogens (tertiary/aromatic N) is 3. The predicted molar refractivity (Wildman–Crippen MR) is 150 cm³/mol. The van der Waals surface area contributed by atoms with E-state index in [4.69, 9.17) is 9.47 Å². The number of anilines is 2. The number of benzene rings is 1. The lowest BCUT2D eigenvalue weighted by molar-refractivity contribution is -0.134. The molecule has 0 aliphatic carbocycles. The molecular formula is C29H33FN6O4. The number of likely N-dealkylation sites (tertiary alicyclic amines) is 1. The molecule has 0 bridgehead atoms. The minimum absolute atomic E-state index is 0.0355. The van der Waals surface area contributed by atoms with Gasteiger partial charge in [-0.05, 0) is 38.7 Å². The zero-order valence-corrected chi connectivity index (χ0v) is 22.8. The number of carbonyl (C=O) groups excluding carboxylic acids is 2. The molecule has 3 aromatic rings. The van der Waals surface area contributed by atoms with Crippen LogP contribution in [0.4, 0.5) is 15.8 Å². The lowest BCUT2D eigenvalue weighted by Gasteiger charge is -2.40. The SMILES string of the molecule is COc1c(F)cccc1Nc1c(-c2ccncc2OC[C@@H]2CCN2C(=O)/C=C/CN(C)C)[nH]c2c1C(=O)NCC2. The van der Waals surface area contributed by atoms with E-state index >= 15 is 0 Å². The van der Waals surface area contributed by atoms with E-state index in [1.54, 1.807) is 41.6 Å². The first-order valence-corrected chi connectivity index (χ1v) is 13.2. The van der Waals surface area contributed by atoms with Crippen LogP contribution in [0.1, 0.15) is 22.5 Å². The Labute approximate surface area is 232 Å². The lowest BCUT2D eigenvalue weighted by atomic mass is 10.0. The number of halogens is 1. The Morgan fingerprint density at radius 2 is 2.17 bits per heavy atom. The number of rotatable bonds is 10. The van der Waals surface area contributed by atoms with Crippen LogP contribution in [0.3, 0.4) is 0 Å². The standard InChI is InChI=1S/C29H33FN6O4/c1-35(2)14-5-8-24(37)36-15-11-18(36)17-40-23-16-31-12-9-19(23)26-27(25-21(33-26)10-13-32-29(25)38)34-22-7-4-6-20(30)28(22)39-3/h4-9,12,16,18,33-34H,10-11,13-15,17H2,1-3H3,(H,32,38)/b8-5+/t18-/m0/s1. The van der Waals surface area contributed by atoms with E-state index in [-0.39, 0.29) is 23.6 Å². The molecule has 1 saturated heterocycles. The third-order valence-electron chi connectivity index (χ3n) is 7.04. The molecule has 2 aromatic heterocycles. The van der Waals surface area contributed by atoms with Crippen molar-refractivity contribution in [3.63, 3.8) is 0 Å². The molecule has 0 unspecified atom stereocenters. The second kappa shape index (κ2) is 11.8. The molecular weight excluding hydrogens is 515 g/mol. The summed E-state index contributed by atoms with van der Waals surface area (Å²) in [6.07, 6.45) is 8.16. The van der Waals surface area contributed by atoms with Gasteiger partial charge in [0.2, 0.25) is 5.91 Å². The van der Waals surface area contributed by atoms with Crippen molar-refractivity contribution >= 4 is 23.2 Å². The summed E-state index contributed by atoms with van der Waals surface area (Å²) in [4.78, 5) is 37.0. The summed E-state index contributed by atoms with van der Waals surface area (Å²) in [5, 5.41) is 6.12. The predicted octanol–water partition coefficient (Wildman–Crippen LogP) is 3.35. The number of hydrogen-bond donors (Lipinski definition) is 3. The molecule has 4 heterocycles. The van der Waals surface area contributed by atoms with E-state index in [0.29, 0.717) is 66.6 Å². The van der Waals surface area contributed by atoms with E-state index in [9.17, 15) is 14.0 Å². The third-order valence-corrected chi connectivity index (χ3v) is 7.04. The first kappa shape index (κ1) is 27.2. The smallest absolute Gasteiger partial charge is 0.255 e. The third kappa shape index (κ3) is 5.50. The van der Waals surface area contributed by atoms with E-state index in [2.05, 4.69) is 20.6 Å². The molecule has 1 aromatic carbocycles. The molecule has 10 nitrogen and oxygen atoms in total. The van der Waals surface area contributed by atoms with Crippen LogP contribution < -0.4 is 20.1 Å². The monoisotopic (exact) mass is 548 g/mol. The highest BCUT2D eigenvalue weighted by molar-refractivity contribution is 6.06. The van der Waals surface area contributed by atoms with Crippen molar-refractivity contribution in [1.29, 1.82) is 0 Å². The summed E-state index contributed by atoms with van der Waals surface area (Å²) in [7, 11) is 5.29. The maximum Gasteiger partial charge on any atom is 0.255 e. The van der Waals surface area contributed by atoms with Gasteiger partial charge in [-0.3, -0.25) is 14.6 Å². The molecule has 210 valence electrons. The Morgan fingerprint density at radius 1 is 1.32 bits per heavy atom. The van der Waals surface area contributed by atoms with Crippen molar-refractivity contribution in [2.45, 2.75) is 18.9 Å². The zero-order valence-electron chi connectivity index (χ0n) is 22.8. The Morgan fingerprint density at radius 3 is 2.92 bits per heavy atom. The van der Waals surface area contributed by atoms with Gasteiger partial charge >= 0.3 is 0 Å².